The van der Waals surface area contributed by atoms with Gasteiger partial charge in [-0.3, -0.25) is 4.79 Å². The van der Waals surface area contributed by atoms with Crippen LogP contribution in [0.4, 0.5) is 13.2 Å². The third kappa shape index (κ3) is 1.29. The highest BCUT2D eigenvalue weighted by atomic mass is 19.4. The molecule has 1 aliphatic rings. The van der Waals surface area contributed by atoms with E-state index in [4.69, 9.17) is 5.73 Å². The van der Waals surface area contributed by atoms with Gasteiger partial charge in [0.1, 0.15) is 0 Å². The van der Waals surface area contributed by atoms with E-state index in [1.54, 1.807) is 0 Å². The zero-order chi connectivity index (χ0) is 9.52. The van der Waals surface area contributed by atoms with Crippen molar-refractivity contribution in [2.24, 2.45) is 5.73 Å². The van der Waals surface area contributed by atoms with Gasteiger partial charge in [-0.2, -0.15) is 13.2 Å². The molecule has 0 bridgehead atoms. The standard InChI is InChI=1S/C6H7F3N2O/c1-3-4(10)2-11(3)5(12)6(7,8)9/h4H,1-2,10H2. The van der Waals surface area contributed by atoms with E-state index in [1.165, 1.54) is 0 Å². The molecule has 1 rings (SSSR count). The second-order valence-corrected chi connectivity index (χ2v) is 2.51. The van der Waals surface area contributed by atoms with Crippen molar-refractivity contribution in [2.45, 2.75) is 12.2 Å². The normalized spacial score (nSPS) is 23.8. The lowest BCUT2D eigenvalue weighted by Crippen LogP contribution is -2.58. The van der Waals surface area contributed by atoms with Gasteiger partial charge < -0.3 is 10.6 Å². The molecule has 1 amide bonds. The number of hydrogen-bond donors (Lipinski definition) is 1. The Morgan fingerprint density at radius 1 is 1.67 bits per heavy atom. The summed E-state index contributed by atoms with van der Waals surface area (Å²) in [5.74, 6) is -1.89. The van der Waals surface area contributed by atoms with Crippen LogP contribution in [0, 0.1) is 0 Å². The Kier molecular flexibility index (Phi) is 1.87. The van der Waals surface area contributed by atoms with E-state index < -0.39 is 18.1 Å². The van der Waals surface area contributed by atoms with Crippen LogP contribution in [0.5, 0.6) is 0 Å². The fourth-order valence-corrected chi connectivity index (χ4v) is 0.873. The van der Waals surface area contributed by atoms with Gasteiger partial charge in [0.25, 0.3) is 0 Å². The van der Waals surface area contributed by atoms with E-state index in [-0.39, 0.29) is 12.2 Å². The summed E-state index contributed by atoms with van der Waals surface area (Å²) in [6.07, 6.45) is -4.83. The van der Waals surface area contributed by atoms with Crippen LogP contribution in [0.25, 0.3) is 0 Å². The first-order valence-electron chi connectivity index (χ1n) is 3.17. The molecule has 0 aromatic rings. The summed E-state index contributed by atoms with van der Waals surface area (Å²) in [6, 6.07) is -0.517. The zero-order valence-electron chi connectivity index (χ0n) is 6.06. The van der Waals surface area contributed by atoms with Gasteiger partial charge >= 0.3 is 12.1 Å². The molecule has 0 saturated carbocycles. The molecule has 6 heteroatoms. The Balaban J connectivity index is 2.63. The first-order valence-corrected chi connectivity index (χ1v) is 3.17. The van der Waals surface area contributed by atoms with E-state index in [1.807, 2.05) is 0 Å². The molecule has 1 saturated heterocycles. The van der Waals surface area contributed by atoms with Crippen LogP contribution in [0.15, 0.2) is 12.3 Å². The number of nitrogens with two attached hydrogens (primary N) is 1. The Bertz CT molecular complexity index is 235. The number of rotatable bonds is 0. The molecule has 0 aromatic carbocycles. The first kappa shape index (κ1) is 9.05. The molecular formula is C6H7F3N2O. The largest absolute Gasteiger partial charge is 0.471 e. The van der Waals surface area contributed by atoms with Crippen molar-refractivity contribution >= 4 is 5.91 Å². The highest BCUT2D eigenvalue weighted by Crippen LogP contribution is 2.26. The monoisotopic (exact) mass is 180 g/mol. The maximum Gasteiger partial charge on any atom is 0.471 e. The topological polar surface area (TPSA) is 46.3 Å². The van der Waals surface area contributed by atoms with Crippen molar-refractivity contribution < 1.29 is 18.0 Å². The second kappa shape index (κ2) is 2.48. The molecule has 68 valence electrons. The Morgan fingerprint density at radius 2 is 2.17 bits per heavy atom. The van der Waals surface area contributed by atoms with Crippen LogP contribution in [0.2, 0.25) is 0 Å². The lowest BCUT2D eigenvalue weighted by Gasteiger charge is -2.39. The van der Waals surface area contributed by atoms with Crippen molar-refractivity contribution in [3.05, 3.63) is 12.3 Å². The summed E-state index contributed by atoms with van der Waals surface area (Å²) >= 11 is 0. The number of likely N-dealkylation sites (tertiary alicyclic amines) is 1. The first-order chi connectivity index (χ1) is 5.34. The molecule has 12 heavy (non-hydrogen) atoms. The summed E-state index contributed by atoms with van der Waals surface area (Å²) in [4.78, 5) is 11.0. The van der Waals surface area contributed by atoms with Crippen molar-refractivity contribution in [1.29, 1.82) is 0 Å². The van der Waals surface area contributed by atoms with Crippen molar-refractivity contribution in [1.82, 2.24) is 4.90 Å². The van der Waals surface area contributed by atoms with E-state index in [2.05, 4.69) is 6.58 Å². The van der Waals surface area contributed by atoms with Crippen LogP contribution in [-0.2, 0) is 4.79 Å². The number of alkyl halides is 3. The minimum atomic E-state index is -4.83. The molecule has 1 heterocycles. The van der Waals surface area contributed by atoms with Gasteiger partial charge in [0, 0.05) is 12.2 Å². The second-order valence-electron chi connectivity index (χ2n) is 2.51. The van der Waals surface area contributed by atoms with Gasteiger partial charge in [0.15, 0.2) is 0 Å². The highest BCUT2D eigenvalue weighted by molar-refractivity contribution is 5.84. The SMILES string of the molecule is C=C1C(N)CN1C(=O)C(F)(F)F. The maximum absolute atomic E-state index is 11.7. The molecule has 0 aliphatic carbocycles. The summed E-state index contributed by atoms with van der Waals surface area (Å²) in [5, 5.41) is 0. The third-order valence-electron chi connectivity index (χ3n) is 1.64. The zero-order valence-corrected chi connectivity index (χ0v) is 6.06. The van der Waals surface area contributed by atoms with Gasteiger partial charge in [-0.15, -0.1) is 0 Å². The lowest BCUT2D eigenvalue weighted by molar-refractivity contribution is -0.186. The molecular weight excluding hydrogens is 173 g/mol. The Labute approximate surface area is 66.6 Å². The van der Waals surface area contributed by atoms with Gasteiger partial charge in [-0.25, -0.2) is 0 Å². The molecule has 0 spiro atoms. The predicted octanol–water partition coefficient (Wildman–Crippen LogP) is 0.232. The number of hydrogen-bond acceptors (Lipinski definition) is 2. The van der Waals surface area contributed by atoms with E-state index >= 15 is 0 Å². The Hall–Kier alpha value is -1.04. The highest BCUT2D eigenvalue weighted by Gasteiger charge is 2.47. The summed E-state index contributed by atoms with van der Waals surface area (Å²) < 4.78 is 35.2. The van der Waals surface area contributed by atoms with Crippen molar-refractivity contribution in [3.8, 4) is 0 Å². The lowest BCUT2D eigenvalue weighted by atomic mass is 10.1. The number of amides is 1. The van der Waals surface area contributed by atoms with Gasteiger partial charge in [0.2, 0.25) is 0 Å². The van der Waals surface area contributed by atoms with E-state index in [0.29, 0.717) is 4.90 Å². The number of halogens is 3. The minimum Gasteiger partial charge on any atom is -0.321 e. The molecule has 3 nitrogen and oxygen atoms in total. The van der Waals surface area contributed by atoms with Crippen molar-refractivity contribution in [3.63, 3.8) is 0 Å². The minimum absolute atomic E-state index is 0.0253. The fourth-order valence-electron chi connectivity index (χ4n) is 0.873. The molecule has 0 radical (unpaired) electrons. The molecule has 2 N–H and O–H groups in total. The maximum atomic E-state index is 11.7. The average molecular weight is 180 g/mol. The molecule has 0 aromatic heterocycles. The van der Waals surface area contributed by atoms with Crippen molar-refractivity contribution in [2.75, 3.05) is 6.54 Å². The number of carbonyl (C=O) groups excluding carboxylic acids is 1. The fraction of sp³-hybridized carbons (Fsp3) is 0.500. The van der Waals surface area contributed by atoms with Gasteiger partial charge in [-0.05, 0) is 0 Å². The summed E-state index contributed by atoms with van der Waals surface area (Å²) in [6.45, 7) is 3.14. The molecule has 1 atom stereocenters. The van der Waals surface area contributed by atoms with Gasteiger partial charge in [-0.1, -0.05) is 6.58 Å². The van der Waals surface area contributed by atoms with Crippen LogP contribution < -0.4 is 5.73 Å². The molecule has 1 unspecified atom stereocenters. The van der Waals surface area contributed by atoms with Crippen LogP contribution in [0.1, 0.15) is 0 Å². The summed E-state index contributed by atoms with van der Waals surface area (Å²) in [7, 11) is 0. The predicted molar refractivity (Wildman–Crippen MR) is 34.9 cm³/mol. The van der Waals surface area contributed by atoms with E-state index in [0.717, 1.165) is 0 Å². The van der Waals surface area contributed by atoms with Crippen LogP contribution >= 0.6 is 0 Å². The summed E-state index contributed by atoms with van der Waals surface area (Å²) in [5.41, 5.74) is 5.26. The number of carbonyl (C=O) groups is 1. The molecule has 1 fully saturated rings. The Morgan fingerprint density at radius 3 is 2.42 bits per heavy atom. The van der Waals surface area contributed by atoms with Crippen LogP contribution in [-0.4, -0.2) is 29.6 Å². The van der Waals surface area contributed by atoms with Crippen LogP contribution in [0.3, 0.4) is 0 Å². The average Bonchev–Trinajstić information content (AvgIpc) is 1.96. The van der Waals surface area contributed by atoms with Gasteiger partial charge in [0.05, 0.1) is 6.04 Å². The molecule has 1 aliphatic heterocycles. The third-order valence-corrected chi connectivity index (χ3v) is 1.64. The smallest absolute Gasteiger partial charge is 0.321 e. The van der Waals surface area contributed by atoms with E-state index in [9.17, 15) is 18.0 Å². The number of nitrogens with zero attached hydrogens (tertiary/aromatic N) is 1. The quantitative estimate of drug-likeness (QED) is 0.580.